The Morgan fingerprint density at radius 1 is 1.19 bits per heavy atom. The first-order chi connectivity index (χ1) is 14.8. The van der Waals surface area contributed by atoms with Crippen LogP contribution in [0.4, 0.5) is 11.4 Å². The zero-order chi connectivity index (χ0) is 22.5. The summed E-state index contributed by atoms with van der Waals surface area (Å²) in [5, 5.41) is 32.1. The molecule has 0 saturated carbocycles. The standard InChI is InChI=1S/C21H12ClN3O6/c22-17-7-5-13(25(29)30)10-16(17)19-8-6-14(31-19)9-12(11-23)20(26)24-18-4-2-1-3-15(18)21(27)28/h1-10H,(H,24,26)(H,27,28). The van der Waals surface area contributed by atoms with E-state index in [0.717, 1.165) is 6.08 Å². The molecule has 0 spiro atoms. The Kier molecular flexibility index (Phi) is 6.14. The van der Waals surface area contributed by atoms with Crippen molar-refractivity contribution in [3.63, 3.8) is 0 Å². The summed E-state index contributed by atoms with van der Waals surface area (Å²) in [5.74, 6) is -1.74. The monoisotopic (exact) mass is 437 g/mol. The number of para-hydroxylation sites is 1. The zero-order valence-electron chi connectivity index (χ0n) is 15.5. The molecule has 0 aliphatic rings. The molecule has 3 rings (SSSR count). The number of nitrogens with zero attached hydrogens (tertiary/aromatic N) is 2. The van der Waals surface area contributed by atoms with Crippen molar-refractivity contribution in [1.29, 1.82) is 5.26 Å². The van der Waals surface area contributed by atoms with E-state index >= 15 is 0 Å². The number of non-ortho nitro benzene ring substituents is 1. The summed E-state index contributed by atoms with van der Waals surface area (Å²) in [6, 6.07) is 14.3. The Labute approximate surface area is 179 Å². The minimum absolute atomic E-state index is 0.0321. The second-order valence-electron chi connectivity index (χ2n) is 6.10. The molecule has 3 aromatic rings. The summed E-state index contributed by atoms with van der Waals surface area (Å²) in [6.07, 6.45) is 1.16. The number of furan rings is 1. The van der Waals surface area contributed by atoms with Crippen LogP contribution in [0.2, 0.25) is 5.02 Å². The van der Waals surface area contributed by atoms with Crippen molar-refractivity contribution in [2.75, 3.05) is 5.32 Å². The third kappa shape index (κ3) is 4.77. The number of nitriles is 1. The van der Waals surface area contributed by atoms with Crippen molar-refractivity contribution < 1.29 is 24.0 Å². The largest absolute Gasteiger partial charge is 0.478 e. The van der Waals surface area contributed by atoms with Gasteiger partial charge in [-0.1, -0.05) is 23.7 Å². The Bertz CT molecular complexity index is 1270. The average molecular weight is 438 g/mol. The van der Waals surface area contributed by atoms with Crippen LogP contribution in [0.15, 0.2) is 64.6 Å². The van der Waals surface area contributed by atoms with Crippen LogP contribution < -0.4 is 5.32 Å². The number of carbonyl (C=O) groups is 2. The van der Waals surface area contributed by atoms with Gasteiger partial charge in [0.05, 0.1) is 21.2 Å². The highest BCUT2D eigenvalue weighted by molar-refractivity contribution is 6.33. The Balaban J connectivity index is 1.88. The lowest BCUT2D eigenvalue weighted by Crippen LogP contribution is -2.16. The fourth-order valence-corrected chi connectivity index (χ4v) is 2.86. The van der Waals surface area contributed by atoms with Gasteiger partial charge in [-0.15, -0.1) is 0 Å². The highest BCUT2D eigenvalue weighted by atomic mass is 35.5. The van der Waals surface area contributed by atoms with E-state index in [4.69, 9.17) is 16.0 Å². The second kappa shape index (κ2) is 8.94. The molecule has 1 heterocycles. The maximum atomic E-state index is 12.4. The predicted octanol–water partition coefficient (Wildman–Crippen LogP) is 4.75. The van der Waals surface area contributed by atoms with Crippen LogP contribution in [-0.4, -0.2) is 21.9 Å². The summed E-state index contributed by atoms with van der Waals surface area (Å²) >= 11 is 6.10. The van der Waals surface area contributed by atoms with Gasteiger partial charge in [0.2, 0.25) is 0 Å². The number of rotatable bonds is 6. The van der Waals surface area contributed by atoms with Gasteiger partial charge in [0.15, 0.2) is 0 Å². The Morgan fingerprint density at radius 3 is 2.61 bits per heavy atom. The summed E-state index contributed by atoms with van der Waals surface area (Å²) in [5.41, 5.74) is -0.347. The number of hydrogen-bond acceptors (Lipinski definition) is 6. The molecule has 2 aromatic carbocycles. The molecule has 0 aliphatic heterocycles. The molecule has 10 heteroatoms. The first kappa shape index (κ1) is 21.3. The van der Waals surface area contributed by atoms with E-state index in [1.165, 1.54) is 48.5 Å². The number of anilines is 1. The first-order valence-corrected chi connectivity index (χ1v) is 8.97. The molecule has 1 aromatic heterocycles. The zero-order valence-corrected chi connectivity index (χ0v) is 16.3. The number of hydrogen-bond donors (Lipinski definition) is 2. The lowest BCUT2D eigenvalue weighted by Gasteiger charge is -2.07. The average Bonchev–Trinajstić information content (AvgIpc) is 3.20. The molecule has 0 unspecified atom stereocenters. The molecule has 31 heavy (non-hydrogen) atoms. The van der Waals surface area contributed by atoms with Crippen molar-refractivity contribution in [3.05, 3.63) is 86.6 Å². The third-order valence-electron chi connectivity index (χ3n) is 4.11. The molecular weight excluding hydrogens is 426 g/mol. The number of nitro benzene ring substituents is 1. The SMILES string of the molecule is N#CC(=Cc1ccc(-c2cc([N+](=O)[O-])ccc2Cl)o1)C(=O)Nc1ccccc1C(=O)O. The lowest BCUT2D eigenvalue weighted by atomic mass is 10.1. The lowest BCUT2D eigenvalue weighted by molar-refractivity contribution is -0.384. The van der Waals surface area contributed by atoms with Crippen LogP contribution in [0.1, 0.15) is 16.1 Å². The molecule has 2 N–H and O–H groups in total. The minimum atomic E-state index is -1.23. The van der Waals surface area contributed by atoms with Crippen molar-refractivity contribution in [2.24, 2.45) is 0 Å². The second-order valence-corrected chi connectivity index (χ2v) is 6.51. The van der Waals surface area contributed by atoms with Gasteiger partial charge >= 0.3 is 5.97 Å². The number of carboxylic acid groups (broad SMARTS) is 1. The first-order valence-electron chi connectivity index (χ1n) is 8.59. The molecule has 154 valence electrons. The Morgan fingerprint density at radius 2 is 1.94 bits per heavy atom. The van der Waals surface area contributed by atoms with Gasteiger partial charge in [0.25, 0.3) is 11.6 Å². The molecule has 0 bridgehead atoms. The van der Waals surface area contributed by atoms with Crippen LogP contribution in [0.3, 0.4) is 0 Å². The predicted molar refractivity (Wildman–Crippen MR) is 111 cm³/mol. The van der Waals surface area contributed by atoms with Crippen molar-refractivity contribution in [3.8, 4) is 17.4 Å². The molecule has 0 radical (unpaired) electrons. The number of nitro groups is 1. The van der Waals surface area contributed by atoms with Crippen LogP contribution in [0.25, 0.3) is 17.4 Å². The van der Waals surface area contributed by atoms with Crippen LogP contribution >= 0.6 is 11.6 Å². The molecule has 0 aliphatic carbocycles. The van der Waals surface area contributed by atoms with Crippen molar-refractivity contribution in [2.45, 2.75) is 0 Å². The smallest absolute Gasteiger partial charge is 0.337 e. The van der Waals surface area contributed by atoms with Crippen molar-refractivity contribution in [1.82, 2.24) is 0 Å². The highest BCUT2D eigenvalue weighted by Gasteiger charge is 2.17. The maximum absolute atomic E-state index is 12.4. The van der Waals surface area contributed by atoms with Gasteiger partial charge in [-0.25, -0.2) is 4.79 Å². The quantitative estimate of drug-likeness (QED) is 0.244. The van der Waals surface area contributed by atoms with Gasteiger partial charge in [0.1, 0.15) is 23.2 Å². The topological polar surface area (TPSA) is 146 Å². The fraction of sp³-hybridized carbons (Fsp3) is 0. The summed E-state index contributed by atoms with van der Waals surface area (Å²) in [7, 11) is 0. The maximum Gasteiger partial charge on any atom is 0.337 e. The van der Waals surface area contributed by atoms with Gasteiger partial charge in [-0.2, -0.15) is 5.26 Å². The molecular formula is C21H12ClN3O6. The molecule has 0 fully saturated rings. The molecule has 9 nitrogen and oxygen atoms in total. The van der Waals surface area contributed by atoms with Crippen LogP contribution in [0.5, 0.6) is 0 Å². The molecule has 0 atom stereocenters. The summed E-state index contributed by atoms with van der Waals surface area (Å²) in [6.45, 7) is 0. The third-order valence-corrected chi connectivity index (χ3v) is 4.44. The summed E-state index contributed by atoms with van der Waals surface area (Å²) < 4.78 is 5.57. The molecule has 0 saturated heterocycles. The van der Waals surface area contributed by atoms with Crippen molar-refractivity contribution >= 4 is 40.9 Å². The van der Waals surface area contributed by atoms with Crippen LogP contribution in [-0.2, 0) is 4.79 Å². The van der Waals surface area contributed by atoms with Gasteiger partial charge in [-0.3, -0.25) is 14.9 Å². The number of carbonyl (C=O) groups excluding carboxylic acids is 1. The van der Waals surface area contributed by atoms with E-state index in [1.807, 2.05) is 0 Å². The van der Waals surface area contributed by atoms with Gasteiger partial charge in [0, 0.05) is 23.8 Å². The number of nitrogens with one attached hydrogen (secondary N) is 1. The van der Waals surface area contributed by atoms with Gasteiger partial charge in [-0.05, 0) is 30.3 Å². The van der Waals surface area contributed by atoms with E-state index in [0.29, 0.717) is 0 Å². The number of halogens is 1. The number of benzene rings is 2. The number of aromatic carboxylic acids is 1. The Hall–Kier alpha value is -4.42. The summed E-state index contributed by atoms with van der Waals surface area (Å²) in [4.78, 5) is 34.1. The van der Waals surface area contributed by atoms with E-state index in [9.17, 15) is 30.1 Å². The number of amides is 1. The minimum Gasteiger partial charge on any atom is -0.478 e. The van der Waals surface area contributed by atoms with E-state index in [2.05, 4.69) is 5.32 Å². The number of carboxylic acids is 1. The van der Waals surface area contributed by atoms with E-state index in [1.54, 1.807) is 12.1 Å². The van der Waals surface area contributed by atoms with E-state index in [-0.39, 0.29) is 44.6 Å². The normalized spacial score (nSPS) is 10.9. The fourth-order valence-electron chi connectivity index (χ4n) is 2.65. The van der Waals surface area contributed by atoms with Crippen LogP contribution in [0, 0.1) is 21.4 Å². The highest BCUT2D eigenvalue weighted by Crippen LogP contribution is 2.33. The van der Waals surface area contributed by atoms with E-state index < -0.39 is 16.8 Å². The molecule has 1 amide bonds. The van der Waals surface area contributed by atoms with Gasteiger partial charge < -0.3 is 14.8 Å².